The van der Waals surface area contributed by atoms with Gasteiger partial charge in [-0.3, -0.25) is 19.6 Å². The van der Waals surface area contributed by atoms with Gasteiger partial charge < -0.3 is 80.4 Å². The predicted octanol–water partition coefficient (Wildman–Crippen LogP) is 27.0. The maximum absolute atomic E-state index is 12.4. The summed E-state index contributed by atoms with van der Waals surface area (Å²) < 4.78 is 45.0. The first-order chi connectivity index (χ1) is 50.6. The summed E-state index contributed by atoms with van der Waals surface area (Å²) in [4.78, 5) is 138. The first kappa shape index (κ1) is 212. The van der Waals surface area contributed by atoms with E-state index in [9.17, 15) is 38.4 Å². The molecule has 0 aromatic rings. The third-order valence-electron chi connectivity index (χ3n) is 12.4. The van der Waals surface area contributed by atoms with Gasteiger partial charge in [-0.25, -0.2) is 38.4 Å². The Morgan fingerprint density at radius 3 is 0.698 bits per heavy atom. The highest BCUT2D eigenvalue weighted by atomic mass is 32.2. The lowest BCUT2D eigenvalue weighted by Gasteiger charge is -2.35. The van der Waals surface area contributed by atoms with Crippen LogP contribution < -0.4 is 42.5 Å². The Kier molecular flexibility index (Phi) is 261. The summed E-state index contributed by atoms with van der Waals surface area (Å²) in [6.45, 7) is 53.6. The summed E-state index contributed by atoms with van der Waals surface area (Å²) in [5, 5.41) is 20.1. The Morgan fingerprint density at radius 2 is 0.481 bits per heavy atom. The fourth-order valence-corrected chi connectivity index (χ4v) is 13.8. The van der Waals surface area contributed by atoms with Crippen molar-refractivity contribution in [2.75, 3.05) is 178 Å². The van der Waals surface area contributed by atoms with Crippen molar-refractivity contribution in [1.82, 2.24) is 42.5 Å². The van der Waals surface area contributed by atoms with Crippen molar-refractivity contribution in [2.45, 2.75) is 312 Å². The van der Waals surface area contributed by atoms with Crippen LogP contribution in [0, 0.1) is 29.1 Å². The van der Waals surface area contributed by atoms with Crippen molar-refractivity contribution in [3.63, 3.8) is 0 Å². The van der Waals surface area contributed by atoms with Gasteiger partial charge in [0, 0.05) is 104 Å². The summed E-state index contributed by atoms with van der Waals surface area (Å²) in [6, 6.07) is 0. The molecule has 0 spiro atoms. The highest BCUT2D eigenvalue weighted by molar-refractivity contribution is 8.02. The zero-order chi connectivity index (χ0) is 80.7. The number of amides is 8. The fourth-order valence-electron chi connectivity index (χ4n) is 7.88. The standard InChI is InChI=1S/C49H92N8O24S4.C12H26.4C2H4.24CH4/c1-9-50-41(58)70-19-17-66-25-37(68-21-23-72-43(60)52-11-3)29-82-33-49(35-84-31-39(76-80-47(64)56-15-7)27-74-78-45(62)54-13-5,36-85-32-40(77-81-48(65)57-16-8)28-75-79-46(63)55-14-6)34-83-30-38(69-22-24-73-44(61)53-12-4)26-67-18-20-71-42(59)51-10-2;1-9(2)7-8-12(10(3)4)11(5)6;4*1-2;;;;;;;;;;;;;;;;;;;;;;;;/h37-40H,9-36H2,1-8H3,(H,50,58)(H,51,59)(H,52,60)(H,53,61)(H,54,62)(H,55,63)(H,56,64)(H,57,65);9-12H,7-8H2,1-6H3;4*1-2H2;24*1H4. The van der Waals surface area contributed by atoms with Gasteiger partial charge in [0.1, 0.15) is 51.8 Å². The van der Waals surface area contributed by atoms with Crippen LogP contribution in [0.3, 0.4) is 0 Å². The molecule has 0 aromatic carbocycles. The first-order valence-electron chi connectivity index (χ1n) is 35.3. The molecule has 32 nitrogen and oxygen atoms in total. The Bertz CT molecular complexity index is 1970. The molecule has 0 bridgehead atoms. The zero-order valence-electron chi connectivity index (χ0n) is 65.4. The molecule has 0 saturated heterocycles. The molecule has 0 saturated carbocycles. The minimum Gasteiger partial charge on any atom is -0.447 e. The first-order valence-corrected chi connectivity index (χ1v) is 39.9. The minimum absolute atomic E-state index is 0. The third kappa shape index (κ3) is 143. The van der Waals surface area contributed by atoms with Crippen molar-refractivity contribution in [3.8, 4) is 0 Å². The quantitative estimate of drug-likeness (QED) is 0.00922. The van der Waals surface area contributed by atoms with Gasteiger partial charge >= 0.3 is 48.7 Å². The Morgan fingerprint density at radius 1 is 0.271 bits per heavy atom. The molecule has 8 amide bonds. The molecule has 0 heterocycles. The molecule has 4 unspecified atom stereocenters. The van der Waals surface area contributed by atoms with E-state index >= 15 is 0 Å². The van der Waals surface area contributed by atoms with Crippen LogP contribution in [-0.4, -0.2) is 251 Å². The van der Waals surface area contributed by atoms with Gasteiger partial charge in [0.15, 0.2) is 0 Å². The van der Waals surface area contributed by atoms with Gasteiger partial charge in [-0.15, -0.1) is 52.6 Å². The smallest absolute Gasteiger partial charge is 0.438 e. The zero-order valence-corrected chi connectivity index (χ0v) is 68.7. The number of rotatable bonds is 57. The summed E-state index contributed by atoms with van der Waals surface area (Å²) in [7, 11) is 0. The van der Waals surface area contributed by atoms with Crippen LogP contribution in [0.25, 0.3) is 0 Å². The van der Waals surface area contributed by atoms with Crippen molar-refractivity contribution in [3.05, 3.63) is 52.6 Å². The van der Waals surface area contributed by atoms with E-state index < -0.39 is 78.6 Å². The molecule has 4 atom stereocenters. The summed E-state index contributed by atoms with van der Waals surface area (Å²) in [5.41, 5.74) is -0.710. The highest BCUT2D eigenvalue weighted by Gasteiger charge is 2.34. The number of carbonyl (C=O) groups excluding carboxylic acids is 8. The van der Waals surface area contributed by atoms with E-state index in [1.165, 1.54) is 59.9 Å². The number of ether oxygens (including phenoxy) is 8. The lowest BCUT2D eigenvalue weighted by molar-refractivity contribution is -0.313. The molecule has 0 aromatic heterocycles. The van der Waals surface area contributed by atoms with E-state index in [4.69, 9.17) is 77.0 Å². The molecule has 0 radical (unpaired) electrons. The van der Waals surface area contributed by atoms with Crippen LogP contribution in [0.15, 0.2) is 52.6 Å². The largest absolute Gasteiger partial charge is 0.447 e. The van der Waals surface area contributed by atoms with E-state index in [1.807, 2.05) is 0 Å². The Hall–Kier alpha value is -5.80. The number of alkyl carbamates (subject to hydrolysis) is 4. The Balaban J connectivity index is -0.0000000719. The molecule has 36 heteroatoms. The van der Waals surface area contributed by atoms with Gasteiger partial charge in [-0.05, 0) is 85.5 Å². The number of hydrogen-bond acceptors (Lipinski definition) is 28. The maximum Gasteiger partial charge on any atom is 0.438 e. The van der Waals surface area contributed by atoms with Crippen molar-refractivity contribution >= 4 is 95.8 Å². The molecule has 8 N–H and O–H groups in total. The van der Waals surface area contributed by atoms with Crippen LogP contribution in [0.5, 0.6) is 0 Å². The molecule has 810 valence electrons. The van der Waals surface area contributed by atoms with E-state index in [1.54, 1.807) is 55.4 Å². The molecule has 129 heavy (non-hydrogen) atoms. The molecule has 0 aliphatic carbocycles. The average molecular weight is 1970 g/mol. The second kappa shape index (κ2) is 159. The number of hydrogen-bond donors (Lipinski definition) is 8. The molecule has 0 aliphatic rings. The summed E-state index contributed by atoms with van der Waals surface area (Å²) in [6.07, 6.45) is -6.19. The fraction of sp³-hybridized carbons (Fsp3) is 0.828. The van der Waals surface area contributed by atoms with Crippen LogP contribution in [0.4, 0.5) is 38.4 Å². The van der Waals surface area contributed by atoms with Crippen molar-refractivity contribution in [2.24, 2.45) is 29.1 Å². The van der Waals surface area contributed by atoms with Gasteiger partial charge in [-0.2, -0.15) is 66.6 Å². The normalized spacial score (nSPS) is 9.84. The second-order valence-electron chi connectivity index (χ2n) is 22.1. The molecular formula is C93H230N8O24S4. The van der Waals surface area contributed by atoms with E-state index in [0.717, 1.165) is 23.7 Å². The molecule has 0 fully saturated rings. The second-order valence-corrected chi connectivity index (χ2v) is 26.2. The number of nitrogens with one attached hydrogen (secondary N) is 8. The Labute approximate surface area is 820 Å². The molecule has 0 aliphatic heterocycles. The topological polar surface area (TPSA) is 380 Å². The van der Waals surface area contributed by atoms with E-state index in [0.29, 0.717) is 60.7 Å². The van der Waals surface area contributed by atoms with E-state index in [-0.39, 0.29) is 295 Å². The van der Waals surface area contributed by atoms with Gasteiger partial charge in [-0.1, -0.05) is 226 Å². The minimum atomic E-state index is -0.985. The van der Waals surface area contributed by atoms with Crippen LogP contribution in [0.1, 0.15) is 288 Å². The highest BCUT2D eigenvalue weighted by Crippen LogP contribution is 2.37. The van der Waals surface area contributed by atoms with Crippen molar-refractivity contribution in [1.29, 1.82) is 0 Å². The molecule has 0 rings (SSSR count). The molecular weight excluding hydrogens is 1740 g/mol. The van der Waals surface area contributed by atoms with Gasteiger partial charge in [0.25, 0.3) is 0 Å². The summed E-state index contributed by atoms with van der Waals surface area (Å²) in [5.74, 6) is 5.91. The van der Waals surface area contributed by atoms with Gasteiger partial charge in [0.2, 0.25) is 0 Å². The maximum atomic E-state index is 12.4. The van der Waals surface area contributed by atoms with Crippen molar-refractivity contribution < 1.29 is 115 Å². The number of carbonyl (C=O) groups is 8. The lowest BCUT2D eigenvalue weighted by atomic mass is 9.81. The summed E-state index contributed by atoms with van der Waals surface area (Å²) >= 11 is 5.81. The monoisotopic (exact) mass is 1970 g/mol. The lowest BCUT2D eigenvalue weighted by Crippen LogP contribution is -2.37. The van der Waals surface area contributed by atoms with Crippen LogP contribution >= 0.6 is 47.0 Å². The third-order valence-corrected chi connectivity index (χ3v) is 18.1. The number of thioether (sulfide) groups is 4. The van der Waals surface area contributed by atoms with Crippen LogP contribution in [0.2, 0.25) is 0 Å². The van der Waals surface area contributed by atoms with Gasteiger partial charge in [0.05, 0.1) is 51.8 Å². The van der Waals surface area contributed by atoms with Crippen LogP contribution in [-0.2, 0) is 77.0 Å². The average Bonchev–Trinajstić information content (AvgIpc) is 0.857. The van der Waals surface area contributed by atoms with E-state index in [2.05, 4.69) is 137 Å². The predicted molar refractivity (Wildman–Crippen MR) is 579 cm³/mol. The SMILES string of the molecule is C.C.C.C.C.C.C.C.C.C.C.C.C.C.C.C.C.C.C.C.C.C.C.C.C=C.C=C.C=C.C=C.CC(C)CCC(C(C)C)C(C)C.CCNC(=O)OCCOCC(CSCC(CSCC(COCCOC(=O)NCC)OCCOC(=O)NCC)(CSCC(COOC(=O)NCC)OOC(=O)NCC)CSCC(COOC(=O)NCC)OOC(=O)NCC)OCCOC(=O)NCC.